The molecule has 148 valence electrons. The predicted molar refractivity (Wildman–Crippen MR) is 113 cm³/mol. The van der Waals surface area contributed by atoms with Crippen LogP contribution in [0.3, 0.4) is 0 Å². The number of hydrogen-bond acceptors (Lipinski definition) is 8. The van der Waals surface area contributed by atoms with Gasteiger partial charge in [-0.1, -0.05) is 16.8 Å². The third-order valence-corrected chi connectivity index (χ3v) is 5.09. The van der Waals surface area contributed by atoms with Gasteiger partial charge in [0.15, 0.2) is 11.5 Å². The fraction of sp³-hybridized carbons (Fsp3) is 0.158. The van der Waals surface area contributed by atoms with Crippen LogP contribution in [0.5, 0.6) is 11.5 Å². The van der Waals surface area contributed by atoms with Crippen molar-refractivity contribution < 1.29 is 9.47 Å². The summed E-state index contributed by atoms with van der Waals surface area (Å²) in [4.78, 5) is 4.55. The number of rotatable bonds is 6. The van der Waals surface area contributed by atoms with Crippen LogP contribution in [0.1, 0.15) is 5.69 Å². The van der Waals surface area contributed by atoms with Crippen LogP contribution in [-0.2, 0) is 0 Å². The average Bonchev–Trinajstić information content (AvgIpc) is 3.34. The molecule has 0 atom stereocenters. The molecule has 4 aromatic rings. The maximum absolute atomic E-state index is 5.96. The smallest absolute Gasteiger partial charge is 0.207 e. The Hall–Kier alpha value is -3.17. The summed E-state index contributed by atoms with van der Waals surface area (Å²) in [5.41, 5.74) is 3.10. The van der Waals surface area contributed by atoms with Crippen LogP contribution in [0.2, 0.25) is 5.02 Å². The fourth-order valence-electron chi connectivity index (χ4n) is 2.74. The van der Waals surface area contributed by atoms with Crippen molar-refractivity contribution in [2.75, 3.05) is 19.5 Å². The van der Waals surface area contributed by atoms with Gasteiger partial charge in [0.2, 0.25) is 5.13 Å². The first-order chi connectivity index (χ1) is 14.1. The Bertz CT molecular complexity index is 1120. The van der Waals surface area contributed by atoms with E-state index in [1.54, 1.807) is 25.0 Å². The first-order valence-electron chi connectivity index (χ1n) is 8.60. The van der Waals surface area contributed by atoms with Crippen molar-refractivity contribution in [3.05, 3.63) is 53.2 Å². The Kier molecular flexibility index (Phi) is 5.32. The molecule has 0 fully saturated rings. The fourth-order valence-corrected chi connectivity index (χ4v) is 3.45. The lowest BCUT2D eigenvalue weighted by molar-refractivity contribution is 0.395. The zero-order valence-corrected chi connectivity index (χ0v) is 17.5. The largest absolute Gasteiger partial charge is 0.497 e. The van der Waals surface area contributed by atoms with Crippen molar-refractivity contribution in [1.82, 2.24) is 24.4 Å². The number of nitrogens with one attached hydrogen (secondary N) is 1. The Morgan fingerprint density at radius 2 is 1.72 bits per heavy atom. The van der Waals surface area contributed by atoms with E-state index in [0.29, 0.717) is 33.2 Å². The maximum Gasteiger partial charge on any atom is 0.207 e. The molecule has 2 aromatic heterocycles. The molecule has 0 aliphatic rings. The van der Waals surface area contributed by atoms with Crippen molar-refractivity contribution in [2.24, 2.45) is 0 Å². The third-order valence-electron chi connectivity index (χ3n) is 4.21. The summed E-state index contributed by atoms with van der Waals surface area (Å²) in [6.07, 6.45) is 0. The van der Waals surface area contributed by atoms with Gasteiger partial charge in [0.25, 0.3) is 0 Å². The van der Waals surface area contributed by atoms with E-state index in [4.69, 9.17) is 21.1 Å². The van der Waals surface area contributed by atoms with E-state index in [0.717, 1.165) is 17.1 Å². The maximum atomic E-state index is 5.96. The molecule has 8 nitrogen and oxygen atoms in total. The highest BCUT2D eigenvalue weighted by Gasteiger charge is 2.17. The Labute approximate surface area is 176 Å². The predicted octanol–water partition coefficient (Wildman–Crippen LogP) is 4.51. The van der Waals surface area contributed by atoms with E-state index in [1.807, 2.05) is 43.3 Å². The summed E-state index contributed by atoms with van der Waals surface area (Å²) in [6, 6.07) is 12.9. The highest BCUT2D eigenvalue weighted by atomic mass is 35.5. The van der Waals surface area contributed by atoms with E-state index in [2.05, 4.69) is 25.0 Å². The van der Waals surface area contributed by atoms with Gasteiger partial charge in [-0.25, -0.2) is 4.68 Å². The quantitative estimate of drug-likeness (QED) is 0.483. The molecule has 0 unspecified atom stereocenters. The summed E-state index contributed by atoms with van der Waals surface area (Å²) < 4.78 is 16.7. The van der Waals surface area contributed by atoms with E-state index < -0.39 is 0 Å². The van der Waals surface area contributed by atoms with Gasteiger partial charge in [0.1, 0.15) is 11.5 Å². The van der Waals surface area contributed by atoms with Gasteiger partial charge in [-0.3, -0.25) is 0 Å². The molecule has 1 N–H and O–H groups in total. The third kappa shape index (κ3) is 4.01. The molecule has 2 heterocycles. The molecule has 10 heteroatoms. The molecule has 0 amide bonds. The first-order valence-corrected chi connectivity index (χ1v) is 9.75. The minimum absolute atomic E-state index is 0.505. The van der Waals surface area contributed by atoms with Gasteiger partial charge < -0.3 is 14.8 Å². The molecule has 0 aliphatic carbocycles. The van der Waals surface area contributed by atoms with Crippen molar-refractivity contribution >= 4 is 34.0 Å². The van der Waals surface area contributed by atoms with Crippen LogP contribution >= 0.6 is 23.1 Å². The number of benzene rings is 2. The molecule has 2 aromatic carbocycles. The summed E-state index contributed by atoms with van der Waals surface area (Å²) >= 11 is 7.19. The lowest BCUT2D eigenvalue weighted by Gasteiger charge is -2.08. The van der Waals surface area contributed by atoms with Crippen molar-refractivity contribution in [2.45, 2.75) is 6.92 Å². The van der Waals surface area contributed by atoms with Gasteiger partial charge in [-0.05, 0) is 31.2 Å². The number of nitrogens with zero attached hydrogens (tertiary/aromatic N) is 5. The molecule has 0 saturated heterocycles. The molecule has 0 aliphatic heterocycles. The SMILES string of the molecule is COc1cc(Nc2nc(-c3nnn(-c4ccc(Cl)cc4)c3C)ns2)cc(OC)c1. The molecule has 29 heavy (non-hydrogen) atoms. The minimum atomic E-state index is 0.505. The molecule has 4 rings (SSSR count). The van der Waals surface area contributed by atoms with E-state index in [-0.39, 0.29) is 0 Å². The second kappa shape index (κ2) is 8.06. The number of hydrogen-bond donors (Lipinski definition) is 1. The summed E-state index contributed by atoms with van der Waals surface area (Å²) in [5.74, 6) is 1.86. The number of aromatic nitrogens is 5. The number of ether oxygens (including phenoxy) is 2. The van der Waals surface area contributed by atoms with Crippen molar-refractivity contribution in [3.8, 4) is 28.7 Å². The molecular weight excluding hydrogens is 412 g/mol. The molecule has 0 bridgehead atoms. The topological polar surface area (TPSA) is 87.0 Å². The number of halogens is 1. The van der Waals surface area contributed by atoms with Crippen molar-refractivity contribution in [1.29, 1.82) is 0 Å². The summed E-state index contributed by atoms with van der Waals surface area (Å²) in [7, 11) is 3.21. The van der Waals surface area contributed by atoms with E-state index in [1.165, 1.54) is 11.5 Å². The second-order valence-corrected chi connectivity index (χ2v) is 7.25. The summed E-state index contributed by atoms with van der Waals surface area (Å²) in [6.45, 7) is 1.92. The van der Waals surface area contributed by atoms with Gasteiger partial charge in [0, 0.05) is 40.4 Å². The minimum Gasteiger partial charge on any atom is -0.497 e. The number of anilines is 2. The lowest BCUT2D eigenvalue weighted by Crippen LogP contribution is -1.98. The molecule has 0 spiro atoms. The molecule has 0 saturated carbocycles. The van der Waals surface area contributed by atoms with Crippen LogP contribution in [0.4, 0.5) is 10.8 Å². The zero-order valence-electron chi connectivity index (χ0n) is 15.9. The zero-order chi connectivity index (χ0) is 20.4. The number of methoxy groups -OCH3 is 2. The van der Waals surface area contributed by atoms with Crippen molar-refractivity contribution in [3.63, 3.8) is 0 Å². The van der Waals surface area contributed by atoms with Gasteiger partial charge >= 0.3 is 0 Å². The molecule has 0 radical (unpaired) electrons. The summed E-state index contributed by atoms with van der Waals surface area (Å²) in [5, 5.41) is 13.0. The average molecular weight is 429 g/mol. The van der Waals surface area contributed by atoms with Crippen LogP contribution in [0.15, 0.2) is 42.5 Å². The van der Waals surface area contributed by atoms with Gasteiger partial charge in [-0.15, -0.1) is 5.10 Å². The first kappa shape index (κ1) is 19.2. The Balaban J connectivity index is 1.59. The van der Waals surface area contributed by atoms with Gasteiger partial charge in [0.05, 0.1) is 25.6 Å². The highest BCUT2D eigenvalue weighted by Crippen LogP contribution is 2.30. The second-order valence-electron chi connectivity index (χ2n) is 6.06. The van der Waals surface area contributed by atoms with Gasteiger partial charge in [-0.2, -0.15) is 9.36 Å². The van der Waals surface area contributed by atoms with Crippen LogP contribution in [-0.4, -0.2) is 38.6 Å². The van der Waals surface area contributed by atoms with E-state index in [9.17, 15) is 0 Å². The molecular formula is C19H17ClN6O2S. The standard InChI is InChI=1S/C19H17ClN6O2S/c1-11-17(23-25-26(11)14-6-4-12(20)5-7-14)18-22-19(29-24-18)21-13-8-15(27-2)10-16(9-13)28-3/h4-10H,1-3H3,(H,21,22,24). The highest BCUT2D eigenvalue weighted by molar-refractivity contribution is 7.09. The van der Waals surface area contributed by atoms with E-state index >= 15 is 0 Å². The van der Waals surface area contributed by atoms with Crippen LogP contribution in [0.25, 0.3) is 17.2 Å². The Morgan fingerprint density at radius 1 is 1.03 bits per heavy atom. The lowest BCUT2D eigenvalue weighted by atomic mass is 10.3. The Morgan fingerprint density at radius 3 is 2.38 bits per heavy atom. The van der Waals surface area contributed by atoms with Crippen LogP contribution < -0.4 is 14.8 Å². The normalized spacial score (nSPS) is 10.8. The van der Waals surface area contributed by atoms with Crippen LogP contribution in [0, 0.1) is 6.92 Å². The monoisotopic (exact) mass is 428 g/mol.